The van der Waals surface area contributed by atoms with Gasteiger partial charge in [0.25, 0.3) is 0 Å². The van der Waals surface area contributed by atoms with E-state index in [1.54, 1.807) is 13.3 Å². The number of hydrogen-bond acceptors (Lipinski definition) is 4. The van der Waals surface area contributed by atoms with Crippen molar-refractivity contribution >= 4 is 11.8 Å². The van der Waals surface area contributed by atoms with Gasteiger partial charge in [0.05, 0.1) is 13.7 Å². The van der Waals surface area contributed by atoms with Crippen molar-refractivity contribution in [3.8, 4) is 11.4 Å². The number of thioether (sulfide) groups is 1. The average Bonchev–Trinajstić information content (AvgIpc) is 2.84. The topological polar surface area (TPSA) is 47.3 Å². The first-order valence-corrected chi connectivity index (χ1v) is 6.25. The van der Waals surface area contributed by atoms with Crippen LogP contribution in [0.5, 0.6) is 5.75 Å². The zero-order chi connectivity index (χ0) is 12.1. The Kier molecular flexibility index (Phi) is 4.06. The molecule has 0 saturated heterocycles. The summed E-state index contributed by atoms with van der Waals surface area (Å²) in [6, 6.07) is 7.78. The third-order valence-corrected chi connectivity index (χ3v) is 3.23. The summed E-state index contributed by atoms with van der Waals surface area (Å²) in [5.41, 5.74) is 1.03. The van der Waals surface area contributed by atoms with Crippen LogP contribution in [0, 0.1) is 0 Å². The summed E-state index contributed by atoms with van der Waals surface area (Å²) in [5.74, 6) is 1.48. The molecule has 0 spiro atoms. The number of methoxy groups -OCH3 is 1. The predicted molar refractivity (Wildman–Crippen MR) is 67.9 cm³/mol. The quantitative estimate of drug-likeness (QED) is 0.824. The molecule has 0 unspecified atom stereocenters. The Morgan fingerprint density at radius 1 is 1.35 bits per heavy atom. The molecule has 0 atom stereocenters. The zero-order valence-electron chi connectivity index (χ0n) is 9.54. The molecule has 1 aromatic carbocycles. The predicted octanol–water partition coefficient (Wildman–Crippen LogP) is 1.97. The molecule has 0 aliphatic carbocycles. The van der Waals surface area contributed by atoms with Crippen molar-refractivity contribution in [1.82, 2.24) is 9.55 Å². The van der Waals surface area contributed by atoms with E-state index in [1.807, 2.05) is 35.0 Å². The minimum atomic E-state index is 0.153. The molecule has 0 aliphatic rings. The molecule has 0 saturated carbocycles. The van der Waals surface area contributed by atoms with Crippen LogP contribution in [0.15, 0.2) is 41.8 Å². The van der Waals surface area contributed by atoms with Crippen molar-refractivity contribution in [3.05, 3.63) is 36.7 Å². The number of aliphatic hydroxyl groups is 1. The fraction of sp³-hybridized carbons (Fsp3) is 0.250. The van der Waals surface area contributed by atoms with E-state index in [0.717, 1.165) is 16.6 Å². The van der Waals surface area contributed by atoms with Gasteiger partial charge in [-0.3, -0.25) is 4.57 Å². The smallest absolute Gasteiger partial charge is 0.172 e. The van der Waals surface area contributed by atoms with Crippen molar-refractivity contribution in [2.24, 2.45) is 0 Å². The highest BCUT2D eigenvalue weighted by molar-refractivity contribution is 7.99. The van der Waals surface area contributed by atoms with Crippen molar-refractivity contribution in [3.63, 3.8) is 0 Å². The van der Waals surface area contributed by atoms with Crippen molar-refractivity contribution in [2.45, 2.75) is 5.16 Å². The number of rotatable bonds is 5. The molecule has 5 heteroatoms. The molecule has 0 radical (unpaired) electrons. The number of imidazole rings is 1. The Morgan fingerprint density at radius 2 is 2.12 bits per heavy atom. The number of ether oxygens (including phenoxy) is 1. The van der Waals surface area contributed by atoms with Crippen LogP contribution in [0.2, 0.25) is 0 Å². The molecule has 90 valence electrons. The number of benzene rings is 1. The van der Waals surface area contributed by atoms with E-state index < -0.39 is 0 Å². The van der Waals surface area contributed by atoms with E-state index in [1.165, 1.54) is 11.8 Å². The van der Waals surface area contributed by atoms with Gasteiger partial charge in [0.2, 0.25) is 0 Å². The highest BCUT2D eigenvalue weighted by Gasteiger charge is 2.05. The van der Waals surface area contributed by atoms with Gasteiger partial charge in [-0.2, -0.15) is 0 Å². The zero-order valence-corrected chi connectivity index (χ0v) is 10.4. The van der Waals surface area contributed by atoms with Crippen LogP contribution in [-0.2, 0) is 0 Å². The van der Waals surface area contributed by atoms with E-state index in [-0.39, 0.29) is 6.61 Å². The summed E-state index contributed by atoms with van der Waals surface area (Å²) in [5, 5.41) is 9.70. The minimum absolute atomic E-state index is 0.153. The molecular weight excluding hydrogens is 236 g/mol. The largest absolute Gasteiger partial charge is 0.497 e. The van der Waals surface area contributed by atoms with Crippen LogP contribution < -0.4 is 4.74 Å². The van der Waals surface area contributed by atoms with Gasteiger partial charge in [-0.25, -0.2) is 4.98 Å². The summed E-state index contributed by atoms with van der Waals surface area (Å²) in [4.78, 5) is 4.26. The molecule has 4 nitrogen and oxygen atoms in total. The Balaban J connectivity index is 2.23. The molecule has 0 fully saturated rings. The Hall–Kier alpha value is -1.46. The third-order valence-electron chi connectivity index (χ3n) is 2.28. The Labute approximate surface area is 104 Å². The summed E-state index contributed by atoms with van der Waals surface area (Å²) >= 11 is 1.53. The summed E-state index contributed by atoms with van der Waals surface area (Å²) in [6.07, 6.45) is 3.66. The summed E-state index contributed by atoms with van der Waals surface area (Å²) < 4.78 is 7.10. The second-order valence-electron chi connectivity index (χ2n) is 3.35. The second-order valence-corrected chi connectivity index (χ2v) is 4.41. The lowest BCUT2D eigenvalue weighted by Gasteiger charge is -2.07. The summed E-state index contributed by atoms with van der Waals surface area (Å²) in [6.45, 7) is 0.153. The normalized spacial score (nSPS) is 10.5. The van der Waals surface area contributed by atoms with Crippen LogP contribution >= 0.6 is 11.8 Å². The molecule has 0 aliphatic heterocycles. The van der Waals surface area contributed by atoms with Gasteiger partial charge in [-0.15, -0.1) is 0 Å². The second kappa shape index (κ2) is 5.75. The first-order valence-electron chi connectivity index (χ1n) is 5.26. The van der Waals surface area contributed by atoms with Crippen LogP contribution in [0.25, 0.3) is 5.69 Å². The SMILES string of the molecule is COc1ccc(-n2ccnc2SCCO)cc1. The van der Waals surface area contributed by atoms with Crippen LogP contribution in [0.1, 0.15) is 0 Å². The lowest BCUT2D eigenvalue weighted by molar-refractivity contribution is 0.322. The third kappa shape index (κ3) is 2.81. The molecular formula is C12H14N2O2S. The van der Waals surface area contributed by atoms with Gasteiger partial charge in [-0.1, -0.05) is 11.8 Å². The monoisotopic (exact) mass is 250 g/mol. The standard InChI is InChI=1S/C12H14N2O2S/c1-16-11-4-2-10(3-5-11)14-7-6-13-12(14)17-9-8-15/h2-7,15H,8-9H2,1H3. The van der Waals surface area contributed by atoms with Gasteiger partial charge in [0.15, 0.2) is 5.16 Å². The number of nitrogens with zero attached hydrogens (tertiary/aromatic N) is 2. The fourth-order valence-electron chi connectivity index (χ4n) is 1.47. The highest BCUT2D eigenvalue weighted by Crippen LogP contribution is 2.21. The summed E-state index contributed by atoms with van der Waals surface area (Å²) in [7, 11) is 1.65. The van der Waals surface area contributed by atoms with E-state index in [2.05, 4.69) is 4.98 Å². The molecule has 1 heterocycles. The first kappa shape index (κ1) is 12.0. The molecule has 0 amide bonds. The van der Waals surface area contributed by atoms with Crippen molar-refractivity contribution in [1.29, 1.82) is 0 Å². The molecule has 1 aromatic heterocycles. The number of aromatic nitrogens is 2. The molecule has 1 N–H and O–H groups in total. The average molecular weight is 250 g/mol. The van der Waals surface area contributed by atoms with E-state index in [0.29, 0.717) is 5.75 Å². The maximum Gasteiger partial charge on any atom is 0.172 e. The minimum Gasteiger partial charge on any atom is -0.497 e. The fourth-order valence-corrected chi connectivity index (χ4v) is 2.19. The molecule has 2 rings (SSSR count). The van der Waals surface area contributed by atoms with Crippen molar-refractivity contribution < 1.29 is 9.84 Å². The van der Waals surface area contributed by atoms with E-state index in [4.69, 9.17) is 9.84 Å². The van der Waals surface area contributed by atoms with Crippen LogP contribution in [0.4, 0.5) is 0 Å². The number of hydrogen-bond donors (Lipinski definition) is 1. The Morgan fingerprint density at radius 3 is 2.76 bits per heavy atom. The lowest BCUT2D eigenvalue weighted by atomic mass is 10.3. The van der Waals surface area contributed by atoms with E-state index >= 15 is 0 Å². The van der Waals surface area contributed by atoms with Crippen LogP contribution in [0.3, 0.4) is 0 Å². The Bertz CT molecular complexity index is 468. The molecule has 17 heavy (non-hydrogen) atoms. The van der Waals surface area contributed by atoms with Crippen LogP contribution in [-0.4, -0.2) is 34.1 Å². The molecule has 0 bridgehead atoms. The lowest BCUT2D eigenvalue weighted by Crippen LogP contribution is -1.97. The van der Waals surface area contributed by atoms with Gasteiger partial charge in [0, 0.05) is 23.8 Å². The van der Waals surface area contributed by atoms with Crippen molar-refractivity contribution in [2.75, 3.05) is 19.5 Å². The van der Waals surface area contributed by atoms with E-state index in [9.17, 15) is 0 Å². The maximum absolute atomic E-state index is 8.82. The maximum atomic E-state index is 8.82. The van der Waals surface area contributed by atoms with Gasteiger partial charge in [-0.05, 0) is 24.3 Å². The van der Waals surface area contributed by atoms with Gasteiger partial charge < -0.3 is 9.84 Å². The molecule has 2 aromatic rings. The first-order chi connectivity index (χ1) is 8.35. The van der Waals surface area contributed by atoms with Gasteiger partial charge in [0.1, 0.15) is 5.75 Å². The van der Waals surface area contributed by atoms with Gasteiger partial charge >= 0.3 is 0 Å². The highest BCUT2D eigenvalue weighted by atomic mass is 32.2. The number of aliphatic hydroxyl groups excluding tert-OH is 1.